The van der Waals surface area contributed by atoms with E-state index in [1.807, 2.05) is 0 Å². The van der Waals surface area contributed by atoms with Gasteiger partial charge in [0.15, 0.2) is 0 Å². The van der Waals surface area contributed by atoms with E-state index in [4.69, 9.17) is 39.0 Å². The minimum atomic E-state index is -4.89. The first kappa shape index (κ1) is 23.5. The van der Waals surface area contributed by atoms with Crippen LogP contribution in [0.25, 0.3) is 0 Å². The average Bonchev–Trinajstić information content (AvgIpc) is 1.50. The first-order valence-electron chi connectivity index (χ1n) is 2.20. The van der Waals surface area contributed by atoms with Crippen LogP contribution >= 0.6 is 7.82 Å². The molecule has 10 nitrogen and oxygen atoms in total. The zero-order valence-corrected chi connectivity index (χ0v) is 9.92. The summed E-state index contributed by atoms with van der Waals surface area (Å²) in [7, 11) is -4.89. The van der Waals surface area contributed by atoms with E-state index in [0.29, 0.717) is 0 Å². The Morgan fingerprint density at radius 3 is 1.07 bits per heavy atom. The Morgan fingerprint density at radius 1 is 1.07 bits per heavy atom. The van der Waals surface area contributed by atoms with Gasteiger partial charge >= 0.3 is 41.7 Å². The van der Waals surface area contributed by atoms with E-state index in [1.165, 1.54) is 0 Å². The summed E-state index contributed by atoms with van der Waals surface area (Å²) in [6.45, 7) is 0. The van der Waals surface area contributed by atoms with Gasteiger partial charge in [-0.25, -0.2) is 9.59 Å². The van der Waals surface area contributed by atoms with Crippen molar-refractivity contribution >= 4 is 20.0 Å². The van der Waals surface area contributed by atoms with Gasteiger partial charge in [-0.3, -0.25) is 4.57 Å². The zero-order chi connectivity index (χ0) is 11.7. The number of primary amides is 2. The van der Waals surface area contributed by atoms with Gasteiger partial charge in [0, 0.05) is 0 Å². The fourth-order valence-electron chi connectivity index (χ4n) is 0. The minimum absolute atomic E-state index is 0. The van der Waals surface area contributed by atoms with Crippen molar-refractivity contribution in [1.82, 2.24) is 0 Å². The van der Waals surface area contributed by atoms with Crippen molar-refractivity contribution in [2.45, 2.75) is 0 Å². The molecular formula is C2H8N2NaO8P. The molecule has 0 fully saturated rings. The molecule has 0 aliphatic rings. The maximum atomic E-state index is 8.78. The molecule has 0 aromatic heterocycles. The van der Waals surface area contributed by atoms with Crippen molar-refractivity contribution < 1.29 is 68.6 Å². The van der Waals surface area contributed by atoms with E-state index in [0.717, 1.165) is 0 Å². The summed E-state index contributed by atoms with van der Waals surface area (Å²) < 4.78 is 8.77. The van der Waals surface area contributed by atoms with Crippen LogP contribution in [0.15, 0.2) is 0 Å². The Morgan fingerprint density at radius 2 is 1.07 bits per heavy atom. The summed E-state index contributed by atoms with van der Waals surface area (Å²) >= 11 is 0. The minimum Gasteiger partial charge on any atom is -0.756 e. The number of nitrogens with two attached hydrogens (primary N) is 2. The van der Waals surface area contributed by atoms with Crippen LogP contribution in [0.5, 0.6) is 0 Å². The Hall–Kier alpha value is -0.350. The van der Waals surface area contributed by atoms with Crippen molar-refractivity contribution in [3.8, 4) is 0 Å². The standard InChI is InChI=1S/2CH3NO2.Na.H3O4P/c2*2-1(3)4;;1-5(2,3)4/h2*2H2,(H,3,4);;(H3,1,2,3,4)/q;;+1;/p-1. The van der Waals surface area contributed by atoms with Crippen molar-refractivity contribution in [3.63, 3.8) is 0 Å². The van der Waals surface area contributed by atoms with Gasteiger partial charge in [0.25, 0.3) is 7.82 Å². The summed E-state index contributed by atoms with van der Waals surface area (Å²) in [5.74, 6) is 0. The largest absolute Gasteiger partial charge is 1.00 e. The number of amides is 2. The van der Waals surface area contributed by atoms with Crippen LogP contribution in [0.2, 0.25) is 0 Å². The van der Waals surface area contributed by atoms with Gasteiger partial charge in [-0.1, -0.05) is 0 Å². The van der Waals surface area contributed by atoms with Crippen molar-refractivity contribution in [1.29, 1.82) is 0 Å². The van der Waals surface area contributed by atoms with E-state index in [-0.39, 0.29) is 29.6 Å². The van der Waals surface area contributed by atoms with Crippen molar-refractivity contribution in [2.24, 2.45) is 11.5 Å². The van der Waals surface area contributed by atoms with E-state index in [9.17, 15) is 0 Å². The molecule has 0 spiro atoms. The quantitative estimate of drug-likeness (QED) is 0.178. The Labute approximate surface area is 100 Å². The molecule has 0 aromatic rings. The second-order valence-corrected chi connectivity index (χ2v) is 2.15. The number of phosphoric acid groups is 1. The summed E-state index contributed by atoms with van der Waals surface area (Å²) in [6, 6.07) is 0. The first-order chi connectivity index (χ1) is 5.46. The molecule has 14 heavy (non-hydrogen) atoms. The van der Waals surface area contributed by atoms with Crippen molar-refractivity contribution in [3.05, 3.63) is 0 Å². The number of carbonyl (C=O) groups is 2. The van der Waals surface area contributed by atoms with Crippen LogP contribution in [0, 0.1) is 0 Å². The first-order valence-corrected chi connectivity index (χ1v) is 3.73. The molecule has 80 valence electrons. The maximum absolute atomic E-state index is 8.78. The van der Waals surface area contributed by atoms with Crippen molar-refractivity contribution in [2.75, 3.05) is 0 Å². The summed E-state index contributed by atoms with van der Waals surface area (Å²) in [5.41, 5.74) is 8.06. The third kappa shape index (κ3) is 10800. The molecule has 0 atom stereocenters. The molecule has 0 heterocycles. The number of rotatable bonds is 0. The number of hydrogen-bond acceptors (Lipinski definition) is 4. The second-order valence-electron chi connectivity index (χ2n) is 1.17. The molecule has 2 amide bonds. The van der Waals surface area contributed by atoms with Crippen LogP contribution < -0.4 is 45.9 Å². The zero-order valence-electron chi connectivity index (χ0n) is 7.02. The topological polar surface area (TPSA) is 207 Å². The van der Waals surface area contributed by atoms with Gasteiger partial charge in [-0.15, -0.1) is 0 Å². The van der Waals surface area contributed by atoms with Gasteiger partial charge in [-0.05, 0) is 0 Å². The van der Waals surface area contributed by atoms with Crippen LogP contribution in [0.3, 0.4) is 0 Å². The van der Waals surface area contributed by atoms with Crippen LogP contribution in [-0.2, 0) is 4.57 Å². The molecule has 0 unspecified atom stereocenters. The van der Waals surface area contributed by atoms with E-state index in [2.05, 4.69) is 11.5 Å². The third-order valence-corrected chi connectivity index (χ3v) is 0. The fourth-order valence-corrected chi connectivity index (χ4v) is 0. The molecule has 12 heteroatoms. The number of hydrogen-bond donors (Lipinski definition) is 6. The SMILES string of the molecule is NC(=O)O.NC(=O)O.O=P([O-])(O)O.[Na+]. The predicted octanol–water partition coefficient (Wildman–Crippen LogP) is -5.31. The van der Waals surface area contributed by atoms with Crippen LogP contribution in [0.4, 0.5) is 9.59 Å². The molecule has 0 bridgehead atoms. The average molecular weight is 242 g/mol. The van der Waals surface area contributed by atoms with E-state index >= 15 is 0 Å². The van der Waals surface area contributed by atoms with Gasteiger partial charge in [-0.2, -0.15) is 0 Å². The van der Waals surface area contributed by atoms with Gasteiger partial charge < -0.3 is 36.4 Å². The number of carboxylic acid groups (broad SMARTS) is 2. The smallest absolute Gasteiger partial charge is 0.756 e. The fraction of sp³-hybridized carbons (Fsp3) is 0. The van der Waals surface area contributed by atoms with Gasteiger partial charge in [0.1, 0.15) is 0 Å². The maximum Gasteiger partial charge on any atom is 1.00 e. The molecule has 0 aromatic carbocycles. The molecule has 0 radical (unpaired) electrons. The Kier molecular flexibility index (Phi) is 21.2. The second kappa shape index (κ2) is 12.7. The molecule has 0 rings (SSSR count). The normalized spacial score (nSPS) is 7.64. The molecule has 0 saturated carbocycles. The molecule has 0 saturated heterocycles. The third-order valence-electron chi connectivity index (χ3n) is 0. The predicted molar refractivity (Wildman–Crippen MR) is 36.5 cm³/mol. The van der Waals surface area contributed by atoms with Gasteiger partial charge in [0.05, 0.1) is 0 Å². The molecule has 0 aliphatic carbocycles. The monoisotopic (exact) mass is 242 g/mol. The Bertz CT molecular complexity index is 173. The molecule has 0 aliphatic heterocycles. The summed E-state index contributed by atoms with van der Waals surface area (Å²) in [5, 5.41) is 14.4. The summed E-state index contributed by atoms with van der Waals surface area (Å²) in [4.78, 5) is 40.5. The molecular weight excluding hydrogens is 234 g/mol. The van der Waals surface area contributed by atoms with E-state index in [1.54, 1.807) is 0 Å². The van der Waals surface area contributed by atoms with Crippen LogP contribution in [0.1, 0.15) is 0 Å². The van der Waals surface area contributed by atoms with E-state index < -0.39 is 20.0 Å². The van der Waals surface area contributed by atoms with Gasteiger partial charge in [0.2, 0.25) is 0 Å². The molecule has 8 N–H and O–H groups in total. The summed E-state index contributed by atoms with van der Waals surface area (Å²) in [6.07, 6.45) is -2.67. The van der Waals surface area contributed by atoms with Crippen LogP contribution in [-0.4, -0.2) is 32.2 Å². The Balaban J connectivity index is -0.0000000522.